The molecule has 0 saturated carbocycles. The molecule has 0 saturated heterocycles. The van der Waals surface area contributed by atoms with Crippen molar-refractivity contribution in [2.75, 3.05) is 6.61 Å². The van der Waals surface area contributed by atoms with Crippen molar-refractivity contribution in [3.05, 3.63) is 72.9 Å². The molecule has 0 aromatic carbocycles. The molecular weight excluding hydrogens is 518 g/mol. The Morgan fingerprint density at radius 1 is 0.595 bits per heavy atom. The van der Waals surface area contributed by atoms with Crippen LogP contribution in [-0.4, -0.2) is 34.9 Å². The van der Waals surface area contributed by atoms with Crippen molar-refractivity contribution >= 4 is 5.91 Å². The Morgan fingerprint density at radius 2 is 1.05 bits per heavy atom. The summed E-state index contributed by atoms with van der Waals surface area (Å²) in [6.07, 6.45) is 46.9. The molecule has 0 fully saturated rings. The van der Waals surface area contributed by atoms with Gasteiger partial charge in [-0.1, -0.05) is 145 Å². The highest BCUT2D eigenvalue weighted by Crippen LogP contribution is 2.10. The summed E-state index contributed by atoms with van der Waals surface area (Å²) in [5, 5.41) is 22.7. The van der Waals surface area contributed by atoms with E-state index in [2.05, 4.69) is 79.9 Å². The van der Waals surface area contributed by atoms with Gasteiger partial charge in [-0.2, -0.15) is 0 Å². The van der Waals surface area contributed by atoms with Gasteiger partial charge in [0.05, 0.1) is 18.8 Å². The highest BCUT2D eigenvalue weighted by atomic mass is 16.3. The summed E-state index contributed by atoms with van der Waals surface area (Å²) in [6.45, 7) is 4.13. The Bertz CT molecular complexity index is 762. The summed E-state index contributed by atoms with van der Waals surface area (Å²) in [5.74, 6) is -0.0904. The third kappa shape index (κ3) is 29.3. The first-order valence-electron chi connectivity index (χ1n) is 17.2. The lowest BCUT2D eigenvalue weighted by Gasteiger charge is -2.20. The third-order valence-electron chi connectivity index (χ3n) is 7.20. The fourth-order valence-corrected chi connectivity index (χ4v) is 4.55. The van der Waals surface area contributed by atoms with Crippen LogP contribution in [0.4, 0.5) is 0 Å². The fraction of sp³-hybridized carbons (Fsp3) is 0.658. The number of amides is 1. The molecule has 0 aliphatic heterocycles. The van der Waals surface area contributed by atoms with Crippen molar-refractivity contribution in [3.8, 4) is 0 Å². The van der Waals surface area contributed by atoms with E-state index in [1.807, 2.05) is 6.08 Å². The minimum absolute atomic E-state index is 0.0904. The number of nitrogens with one attached hydrogen (secondary N) is 1. The van der Waals surface area contributed by atoms with E-state index < -0.39 is 12.1 Å². The van der Waals surface area contributed by atoms with Crippen LogP contribution < -0.4 is 5.32 Å². The highest BCUT2D eigenvalue weighted by Gasteiger charge is 2.17. The minimum Gasteiger partial charge on any atom is -0.394 e. The molecule has 42 heavy (non-hydrogen) atoms. The second kappa shape index (κ2) is 33.3. The molecule has 0 rings (SSSR count). The van der Waals surface area contributed by atoms with Crippen LogP contribution in [0.2, 0.25) is 0 Å². The summed E-state index contributed by atoms with van der Waals surface area (Å²) in [6, 6.07) is -0.633. The first kappa shape index (κ1) is 39.8. The summed E-state index contributed by atoms with van der Waals surface area (Å²) in [7, 11) is 0. The van der Waals surface area contributed by atoms with Crippen LogP contribution in [-0.2, 0) is 4.79 Å². The molecule has 0 aromatic heterocycles. The molecule has 0 aromatic rings. The predicted molar refractivity (Wildman–Crippen MR) is 184 cm³/mol. The molecule has 4 heteroatoms. The molecule has 0 bridgehead atoms. The quantitative estimate of drug-likeness (QED) is 0.0606. The summed E-state index contributed by atoms with van der Waals surface area (Å²) >= 11 is 0. The molecule has 2 atom stereocenters. The van der Waals surface area contributed by atoms with Crippen molar-refractivity contribution in [1.82, 2.24) is 5.32 Å². The molecule has 2 unspecified atom stereocenters. The topological polar surface area (TPSA) is 69.6 Å². The zero-order valence-corrected chi connectivity index (χ0v) is 27.2. The van der Waals surface area contributed by atoms with E-state index in [9.17, 15) is 15.0 Å². The van der Waals surface area contributed by atoms with Gasteiger partial charge in [-0.25, -0.2) is 0 Å². The van der Waals surface area contributed by atoms with Gasteiger partial charge in [-0.05, 0) is 64.2 Å². The first-order valence-corrected chi connectivity index (χ1v) is 17.2. The number of aliphatic hydroxyl groups is 2. The van der Waals surface area contributed by atoms with Crippen molar-refractivity contribution in [3.63, 3.8) is 0 Å². The molecule has 0 aliphatic carbocycles. The first-order chi connectivity index (χ1) is 20.7. The predicted octanol–water partition coefficient (Wildman–Crippen LogP) is 10.0. The standard InChI is InChI=1S/C38H65NO3/c1-3-5-7-9-11-13-14-15-16-17-18-19-20-21-22-23-24-26-28-30-32-34-38(42)39-36(35-40)37(41)33-31-29-27-25-12-10-8-6-4-2/h5,7,11,13,15-16,18-19,21-22,31,33,36-37,40-41H,3-4,6,8-10,12,14,17,20,23-30,32,34-35H2,1-2H3,(H,39,42)/b7-5-,13-11-,16-15-,19-18-,22-21-,33-31+. The van der Waals surface area contributed by atoms with E-state index >= 15 is 0 Å². The largest absolute Gasteiger partial charge is 0.394 e. The van der Waals surface area contributed by atoms with Gasteiger partial charge in [-0.3, -0.25) is 4.79 Å². The van der Waals surface area contributed by atoms with Crippen LogP contribution in [0.25, 0.3) is 0 Å². The van der Waals surface area contributed by atoms with Gasteiger partial charge < -0.3 is 15.5 Å². The van der Waals surface area contributed by atoms with E-state index in [1.54, 1.807) is 6.08 Å². The van der Waals surface area contributed by atoms with Gasteiger partial charge in [0.15, 0.2) is 0 Å². The van der Waals surface area contributed by atoms with E-state index in [4.69, 9.17) is 0 Å². The summed E-state index contributed by atoms with van der Waals surface area (Å²) < 4.78 is 0. The lowest BCUT2D eigenvalue weighted by Crippen LogP contribution is -2.45. The number of allylic oxidation sites excluding steroid dienone is 11. The number of hydrogen-bond acceptors (Lipinski definition) is 3. The normalized spacial score (nSPS) is 14.1. The van der Waals surface area contributed by atoms with E-state index in [0.717, 1.165) is 70.6 Å². The molecule has 4 nitrogen and oxygen atoms in total. The van der Waals surface area contributed by atoms with E-state index in [0.29, 0.717) is 6.42 Å². The van der Waals surface area contributed by atoms with Crippen LogP contribution in [0, 0.1) is 0 Å². The lowest BCUT2D eigenvalue weighted by molar-refractivity contribution is -0.123. The zero-order chi connectivity index (χ0) is 30.8. The number of carbonyl (C=O) groups is 1. The average Bonchev–Trinajstić information content (AvgIpc) is 2.99. The van der Waals surface area contributed by atoms with Crippen molar-refractivity contribution in [2.45, 2.75) is 154 Å². The Kier molecular flexibility index (Phi) is 31.6. The maximum absolute atomic E-state index is 12.3. The van der Waals surface area contributed by atoms with Crippen LogP contribution in [0.3, 0.4) is 0 Å². The number of unbranched alkanes of at least 4 members (excludes halogenated alkanes) is 12. The van der Waals surface area contributed by atoms with Gasteiger partial charge >= 0.3 is 0 Å². The zero-order valence-electron chi connectivity index (χ0n) is 27.2. The average molecular weight is 584 g/mol. The van der Waals surface area contributed by atoms with Crippen molar-refractivity contribution in [2.24, 2.45) is 0 Å². The minimum atomic E-state index is -0.848. The Morgan fingerprint density at radius 3 is 1.57 bits per heavy atom. The summed E-state index contributed by atoms with van der Waals surface area (Å²) in [4.78, 5) is 12.3. The molecule has 0 radical (unpaired) electrons. The SMILES string of the molecule is CC/C=C\C/C=C\C/C=C\C/C=C\C/C=C\CCCCCCCC(=O)NC(CO)C(O)/C=C/CCCCCCCCC. The second-order valence-electron chi connectivity index (χ2n) is 11.2. The van der Waals surface area contributed by atoms with Crippen molar-refractivity contribution < 1.29 is 15.0 Å². The molecule has 0 heterocycles. The van der Waals surface area contributed by atoms with Gasteiger partial charge in [0.2, 0.25) is 5.91 Å². The molecule has 0 spiro atoms. The van der Waals surface area contributed by atoms with Crippen LogP contribution in [0.1, 0.15) is 142 Å². The number of carbonyl (C=O) groups excluding carboxylic acids is 1. The van der Waals surface area contributed by atoms with Crippen molar-refractivity contribution in [1.29, 1.82) is 0 Å². The van der Waals surface area contributed by atoms with Crippen LogP contribution >= 0.6 is 0 Å². The lowest BCUT2D eigenvalue weighted by atomic mass is 10.1. The molecule has 0 aliphatic rings. The van der Waals surface area contributed by atoms with E-state index in [1.165, 1.54) is 51.4 Å². The van der Waals surface area contributed by atoms with Crippen LogP contribution in [0.15, 0.2) is 72.9 Å². The highest BCUT2D eigenvalue weighted by molar-refractivity contribution is 5.76. The third-order valence-corrected chi connectivity index (χ3v) is 7.20. The molecule has 1 amide bonds. The molecule has 240 valence electrons. The Balaban J connectivity index is 3.72. The molecule has 3 N–H and O–H groups in total. The van der Waals surface area contributed by atoms with E-state index in [-0.39, 0.29) is 12.5 Å². The monoisotopic (exact) mass is 583 g/mol. The second-order valence-corrected chi connectivity index (χ2v) is 11.2. The van der Waals surface area contributed by atoms with Gasteiger partial charge in [0, 0.05) is 6.42 Å². The maximum atomic E-state index is 12.3. The summed E-state index contributed by atoms with van der Waals surface area (Å²) in [5.41, 5.74) is 0. The fourth-order valence-electron chi connectivity index (χ4n) is 4.55. The Hall–Kier alpha value is -2.17. The number of aliphatic hydroxyl groups excluding tert-OH is 2. The van der Waals surface area contributed by atoms with Gasteiger partial charge in [0.25, 0.3) is 0 Å². The smallest absolute Gasteiger partial charge is 0.220 e. The van der Waals surface area contributed by atoms with Crippen LogP contribution in [0.5, 0.6) is 0 Å². The van der Waals surface area contributed by atoms with Gasteiger partial charge in [-0.15, -0.1) is 0 Å². The maximum Gasteiger partial charge on any atom is 0.220 e. The molecular formula is C38H65NO3. The van der Waals surface area contributed by atoms with Gasteiger partial charge in [0.1, 0.15) is 0 Å². The number of hydrogen-bond donors (Lipinski definition) is 3. The Labute approximate surface area is 259 Å². The number of rotatable bonds is 29.